The highest BCUT2D eigenvalue weighted by Crippen LogP contribution is 2.24. The van der Waals surface area contributed by atoms with E-state index in [1.165, 1.54) is 5.56 Å². The molecule has 1 unspecified atom stereocenters. The molecule has 132 valence electrons. The van der Waals surface area contributed by atoms with E-state index in [9.17, 15) is 4.79 Å². The Labute approximate surface area is 153 Å². The van der Waals surface area contributed by atoms with Crippen molar-refractivity contribution in [2.24, 2.45) is 7.05 Å². The number of hydrogen-bond acceptors (Lipinski definition) is 3. The average molecular weight is 346 g/mol. The van der Waals surface area contributed by atoms with Crippen LogP contribution >= 0.6 is 0 Å². The topological polar surface area (TPSA) is 51.0 Å². The van der Waals surface area contributed by atoms with Crippen molar-refractivity contribution in [1.29, 1.82) is 0 Å². The van der Waals surface area contributed by atoms with Gasteiger partial charge in [0.15, 0.2) is 5.82 Å². The Bertz CT molecular complexity index is 886. The fourth-order valence-corrected chi connectivity index (χ4v) is 3.60. The maximum absolute atomic E-state index is 13.0. The van der Waals surface area contributed by atoms with Crippen molar-refractivity contribution < 1.29 is 4.79 Å². The molecule has 1 fully saturated rings. The van der Waals surface area contributed by atoms with E-state index in [4.69, 9.17) is 0 Å². The summed E-state index contributed by atoms with van der Waals surface area (Å²) in [4.78, 5) is 19.3. The first kappa shape index (κ1) is 16.5. The van der Waals surface area contributed by atoms with Gasteiger partial charge in [-0.3, -0.25) is 9.48 Å². The van der Waals surface area contributed by atoms with E-state index in [2.05, 4.69) is 34.3 Å². The minimum Gasteiger partial charge on any atom is -0.335 e. The molecule has 0 radical (unpaired) electrons. The Morgan fingerprint density at radius 3 is 2.58 bits per heavy atom. The lowest BCUT2D eigenvalue weighted by Gasteiger charge is -2.25. The van der Waals surface area contributed by atoms with Crippen LogP contribution in [0.4, 0.5) is 0 Å². The summed E-state index contributed by atoms with van der Waals surface area (Å²) < 4.78 is 1.67. The van der Waals surface area contributed by atoms with E-state index in [-0.39, 0.29) is 11.9 Å². The predicted octanol–water partition coefficient (Wildman–Crippen LogP) is 3.33. The van der Waals surface area contributed by atoms with Crippen molar-refractivity contribution in [1.82, 2.24) is 19.7 Å². The van der Waals surface area contributed by atoms with Gasteiger partial charge in [0.05, 0.1) is 0 Å². The normalized spacial score (nSPS) is 16.8. The van der Waals surface area contributed by atoms with E-state index in [0.717, 1.165) is 36.9 Å². The van der Waals surface area contributed by atoms with Gasteiger partial charge in [-0.25, -0.2) is 4.98 Å². The summed E-state index contributed by atoms with van der Waals surface area (Å²) >= 11 is 0. The molecule has 0 bridgehead atoms. The maximum atomic E-state index is 13.0. The maximum Gasteiger partial charge on any atom is 0.254 e. The average Bonchev–Trinajstić information content (AvgIpc) is 3.31. The van der Waals surface area contributed by atoms with Gasteiger partial charge in [-0.05, 0) is 37.0 Å². The number of aromatic nitrogens is 3. The first-order chi connectivity index (χ1) is 12.7. The molecule has 0 spiro atoms. The van der Waals surface area contributed by atoms with Crippen LogP contribution < -0.4 is 0 Å². The molecule has 5 nitrogen and oxygen atoms in total. The van der Waals surface area contributed by atoms with Crippen molar-refractivity contribution in [2.75, 3.05) is 6.54 Å². The van der Waals surface area contributed by atoms with E-state index in [1.54, 1.807) is 11.0 Å². The van der Waals surface area contributed by atoms with Crippen LogP contribution in [0.5, 0.6) is 0 Å². The molecule has 0 N–H and O–H groups in total. The standard InChI is InChI=1S/C21H22N4O/c1-24-15-22-20(23-24)17-9-11-18(12-10-17)21(26)25-13-5-8-19(25)14-16-6-3-2-4-7-16/h2-4,6-7,9-12,15,19H,5,8,13-14H2,1H3. The number of rotatable bonds is 4. The lowest BCUT2D eigenvalue weighted by Crippen LogP contribution is -2.36. The Kier molecular flexibility index (Phi) is 4.52. The van der Waals surface area contributed by atoms with E-state index >= 15 is 0 Å². The zero-order valence-corrected chi connectivity index (χ0v) is 14.9. The number of hydrogen-bond donors (Lipinski definition) is 0. The highest BCUT2D eigenvalue weighted by atomic mass is 16.2. The summed E-state index contributed by atoms with van der Waals surface area (Å²) in [6.07, 6.45) is 4.73. The monoisotopic (exact) mass is 346 g/mol. The summed E-state index contributed by atoms with van der Waals surface area (Å²) in [6.45, 7) is 0.833. The molecule has 2 heterocycles. The molecule has 4 rings (SSSR count). The number of aryl methyl sites for hydroxylation is 1. The van der Waals surface area contributed by atoms with Crippen LogP contribution in [0.1, 0.15) is 28.8 Å². The van der Waals surface area contributed by atoms with E-state index in [0.29, 0.717) is 5.82 Å². The molecule has 2 aromatic carbocycles. The quantitative estimate of drug-likeness (QED) is 0.728. The molecule has 1 amide bonds. The number of amides is 1. The summed E-state index contributed by atoms with van der Waals surface area (Å²) in [5.74, 6) is 0.790. The summed E-state index contributed by atoms with van der Waals surface area (Å²) in [6, 6.07) is 18.3. The number of benzene rings is 2. The summed E-state index contributed by atoms with van der Waals surface area (Å²) in [5.41, 5.74) is 2.93. The lowest BCUT2D eigenvalue weighted by molar-refractivity contribution is 0.0736. The fourth-order valence-electron chi connectivity index (χ4n) is 3.60. The summed E-state index contributed by atoms with van der Waals surface area (Å²) in [5, 5.41) is 4.30. The number of nitrogens with zero attached hydrogens (tertiary/aromatic N) is 4. The Hall–Kier alpha value is -2.95. The van der Waals surface area contributed by atoms with Crippen molar-refractivity contribution in [3.63, 3.8) is 0 Å². The molecule has 0 aliphatic carbocycles. The van der Waals surface area contributed by atoms with E-state index < -0.39 is 0 Å². The zero-order valence-electron chi connectivity index (χ0n) is 14.9. The fraction of sp³-hybridized carbons (Fsp3) is 0.286. The number of carbonyl (C=O) groups excluding carboxylic acids is 1. The Morgan fingerprint density at radius 2 is 1.88 bits per heavy atom. The van der Waals surface area contributed by atoms with Crippen LogP contribution in [0.25, 0.3) is 11.4 Å². The number of carbonyl (C=O) groups is 1. The second kappa shape index (κ2) is 7.12. The van der Waals surface area contributed by atoms with Crippen LogP contribution in [-0.2, 0) is 13.5 Å². The minimum absolute atomic E-state index is 0.115. The van der Waals surface area contributed by atoms with Gasteiger partial charge in [-0.1, -0.05) is 42.5 Å². The molecule has 1 aliphatic heterocycles. The van der Waals surface area contributed by atoms with Crippen molar-refractivity contribution >= 4 is 5.91 Å². The molecule has 1 atom stereocenters. The molecular weight excluding hydrogens is 324 g/mol. The second-order valence-electron chi connectivity index (χ2n) is 6.80. The van der Waals surface area contributed by atoms with Crippen molar-refractivity contribution in [2.45, 2.75) is 25.3 Å². The van der Waals surface area contributed by atoms with Crippen molar-refractivity contribution in [3.05, 3.63) is 72.1 Å². The van der Waals surface area contributed by atoms with E-state index in [1.807, 2.05) is 42.3 Å². The van der Waals surface area contributed by atoms with Crippen LogP contribution in [0.15, 0.2) is 60.9 Å². The van der Waals surface area contributed by atoms with Gasteiger partial charge in [0.25, 0.3) is 5.91 Å². The highest BCUT2D eigenvalue weighted by molar-refractivity contribution is 5.95. The highest BCUT2D eigenvalue weighted by Gasteiger charge is 2.29. The van der Waals surface area contributed by atoms with Crippen molar-refractivity contribution in [3.8, 4) is 11.4 Å². The van der Waals surface area contributed by atoms with Gasteiger partial charge in [0, 0.05) is 30.8 Å². The first-order valence-corrected chi connectivity index (χ1v) is 9.02. The van der Waals surface area contributed by atoms with Crippen LogP contribution in [0.2, 0.25) is 0 Å². The number of likely N-dealkylation sites (tertiary alicyclic amines) is 1. The molecule has 1 aliphatic rings. The first-order valence-electron chi connectivity index (χ1n) is 9.02. The van der Waals surface area contributed by atoms with Crippen LogP contribution in [0, 0.1) is 0 Å². The third kappa shape index (κ3) is 3.38. The minimum atomic E-state index is 0.115. The molecule has 1 aromatic heterocycles. The van der Waals surface area contributed by atoms with Gasteiger partial charge < -0.3 is 4.90 Å². The van der Waals surface area contributed by atoms with Gasteiger partial charge in [0.1, 0.15) is 6.33 Å². The molecular formula is C21H22N4O. The third-order valence-electron chi connectivity index (χ3n) is 4.94. The molecule has 0 saturated carbocycles. The van der Waals surface area contributed by atoms with Gasteiger partial charge >= 0.3 is 0 Å². The SMILES string of the molecule is Cn1cnc(-c2ccc(C(=O)N3CCCC3Cc3ccccc3)cc2)n1. The second-order valence-corrected chi connectivity index (χ2v) is 6.80. The zero-order chi connectivity index (χ0) is 17.9. The largest absolute Gasteiger partial charge is 0.335 e. The summed E-state index contributed by atoms with van der Waals surface area (Å²) in [7, 11) is 1.84. The Balaban J connectivity index is 1.49. The third-order valence-corrected chi connectivity index (χ3v) is 4.94. The van der Waals surface area contributed by atoms with Gasteiger partial charge in [-0.15, -0.1) is 0 Å². The Morgan fingerprint density at radius 1 is 1.12 bits per heavy atom. The van der Waals surface area contributed by atoms with Crippen LogP contribution in [-0.4, -0.2) is 38.2 Å². The molecule has 1 saturated heterocycles. The van der Waals surface area contributed by atoms with Gasteiger partial charge in [-0.2, -0.15) is 5.10 Å². The molecule has 3 aromatic rings. The molecule has 5 heteroatoms. The predicted molar refractivity (Wildman–Crippen MR) is 101 cm³/mol. The lowest BCUT2D eigenvalue weighted by atomic mass is 10.0. The smallest absolute Gasteiger partial charge is 0.254 e. The van der Waals surface area contributed by atoms with Crippen LogP contribution in [0.3, 0.4) is 0 Å². The molecule has 26 heavy (non-hydrogen) atoms. The van der Waals surface area contributed by atoms with Gasteiger partial charge in [0.2, 0.25) is 0 Å².